The van der Waals surface area contributed by atoms with Crippen LogP contribution in [0.2, 0.25) is 0 Å². The lowest BCUT2D eigenvalue weighted by Gasteiger charge is -2.22. The Morgan fingerprint density at radius 1 is 1.04 bits per heavy atom. The summed E-state index contributed by atoms with van der Waals surface area (Å²) < 4.78 is 29.7. The fourth-order valence-electron chi connectivity index (χ4n) is 2.70. The summed E-state index contributed by atoms with van der Waals surface area (Å²) in [7, 11) is 1.78. The van der Waals surface area contributed by atoms with Gasteiger partial charge in [0, 0.05) is 28.7 Å². The van der Waals surface area contributed by atoms with Crippen LogP contribution in [0.5, 0.6) is 0 Å². The quantitative estimate of drug-likeness (QED) is 0.518. The summed E-state index contributed by atoms with van der Waals surface area (Å²) in [5.41, 5.74) is 2.47. The molecule has 0 amide bonds. The van der Waals surface area contributed by atoms with Crippen LogP contribution in [-0.4, -0.2) is 27.1 Å². The Balaban J connectivity index is 2.01. The third-order valence-electron chi connectivity index (χ3n) is 3.82. The van der Waals surface area contributed by atoms with Gasteiger partial charge in [-0.05, 0) is 46.8 Å². The van der Waals surface area contributed by atoms with Crippen LogP contribution in [-0.2, 0) is 0 Å². The van der Waals surface area contributed by atoms with E-state index in [-0.39, 0.29) is 11.6 Å². The van der Waals surface area contributed by atoms with E-state index in [9.17, 15) is 8.78 Å². The first-order valence-electron chi connectivity index (χ1n) is 7.03. The molecule has 0 N–H and O–H groups in total. The molecule has 0 radical (unpaired) electrons. The van der Waals surface area contributed by atoms with Crippen LogP contribution in [0.25, 0.3) is 16.6 Å². The van der Waals surface area contributed by atoms with E-state index < -0.39 is 0 Å². The lowest BCUT2D eigenvalue weighted by molar-refractivity contribution is 0.627. The highest BCUT2D eigenvalue weighted by molar-refractivity contribution is 9.10. The molecule has 0 unspecified atom stereocenters. The minimum atomic E-state index is -0.370. The summed E-state index contributed by atoms with van der Waals surface area (Å²) in [5.74, 6) is -0.739. The zero-order valence-corrected chi connectivity index (χ0v) is 14.0. The predicted molar refractivity (Wildman–Crippen MR) is 90.4 cm³/mol. The molecule has 0 aliphatic rings. The van der Waals surface area contributed by atoms with E-state index in [1.54, 1.807) is 30.1 Å². The van der Waals surface area contributed by atoms with Crippen LogP contribution in [0.4, 0.5) is 20.2 Å². The molecule has 2 aromatic heterocycles. The Morgan fingerprint density at radius 2 is 1.88 bits per heavy atom. The second-order valence-corrected chi connectivity index (χ2v) is 6.24. The number of fused-ring (bicyclic) bond motifs is 3. The first-order valence-corrected chi connectivity index (χ1v) is 7.82. The SMILES string of the molecule is CN(c1cc(F)cc(Br)c1)c1cc2nnnn2c2ccc(F)cc12. The van der Waals surface area contributed by atoms with Crippen molar-refractivity contribution in [2.24, 2.45) is 0 Å². The van der Waals surface area contributed by atoms with Gasteiger partial charge in [0.05, 0.1) is 11.2 Å². The van der Waals surface area contributed by atoms with E-state index in [0.717, 1.165) is 0 Å². The molecular formula is C16H10BrF2N5. The first-order chi connectivity index (χ1) is 11.5. The van der Waals surface area contributed by atoms with Crippen LogP contribution in [0.1, 0.15) is 0 Å². The van der Waals surface area contributed by atoms with Crippen molar-refractivity contribution in [1.82, 2.24) is 20.0 Å². The van der Waals surface area contributed by atoms with Crippen LogP contribution in [0, 0.1) is 11.6 Å². The molecule has 4 rings (SSSR count). The normalized spacial score (nSPS) is 11.3. The van der Waals surface area contributed by atoms with E-state index >= 15 is 0 Å². The summed E-state index contributed by atoms with van der Waals surface area (Å²) >= 11 is 3.29. The zero-order chi connectivity index (χ0) is 16.8. The van der Waals surface area contributed by atoms with Gasteiger partial charge < -0.3 is 4.90 Å². The highest BCUT2D eigenvalue weighted by atomic mass is 79.9. The number of pyridine rings is 1. The lowest BCUT2D eigenvalue weighted by atomic mass is 10.1. The fourth-order valence-corrected chi connectivity index (χ4v) is 3.16. The fraction of sp³-hybridized carbons (Fsp3) is 0.0625. The van der Waals surface area contributed by atoms with Crippen molar-refractivity contribution in [3.05, 3.63) is 58.6 Å². The van der Waals surface area contributed by atoms with E-state index in [2.05, 4.69) is 31.5 Å². The van der Waals surface area contributed by atoms with Crippen molar-refractivity contribution in [1.29, 1.82) is 0 Å². The van der Waals surface area contributed by atoms with Gasteiger partial charge in [0.25, 0.3) is 0 Å². The van der Waals surface area contributed by atoms with E-state index in [4.69, 9.17) is 0 Å². The third-order valence-corrected chi connectivity index (χ3v) is 4.28. The molecule has 2 heterocycles. The third kappa shape index (κ3) is 2.39. The molecule has 0 aliphatic heterocycles. The molecule has 0 aliphatic carbocycles. The minimum absolute atomic E-state index is 0.369. The lowest BCUT2D eigenvalue weighted by Crippen LogP contribution is -2.11. The van der Waals surface area contributed by atoms with E-state index in [1.165, 1.54) is 28.8 Å². The molecule has 8 heteroatoms. The number of anilines is 2. The molecule has 0 saturated carbocycles. The molecule has 4 aromatic rings. The Bertz CT molecular complexity index is 1060. The molecule has 0 atom stereocenters. The second-order valence-electron chi connectivity index (χ2n) is 5.33. The summed E-state index contributed by atoms with van der Waals surface area (Å²) in [6.45, 7) is 0. The number of tetrazole rings is 1. The van der Waals surface area contributed by atoms with E-state index in [1.807, 2.05) is 0 Å². The number of halogens is 3. The van der Waals surface area contributed by atoms with Gasteiger partial charge in [-0.15, -0.1) is 5.10 Å². The molecule has 5 nitrogen and oxygen atoms in total. The second kappa shape index (κ2) is 5.48. The van der Waals surface area contributed by atoms with Gasteiger partial charge in [0.15, 0.2) is 5.65 Å². The number of hydrogen-bond donors (Lipinski definition) is 0. The number of hydrogen-bond acceptors (Lipinski definition) is 4. The number of benzene rings is 2. The van der Waals surface area contributed by atoms with Crippen LogP contribution in [0.3, 0.4) is 0 Å². The molecule has 24 heavy (non-hydrogen) atoms. The molecule has 0 fully saturated rings. The van der Waals surface area contributed by atoms with Gasteiger partial charge in [0.1, 0.15) is 11.6 Å². The average molecular weight is 390 g/mol. The average Bonchev–Trinajstić information content (AvgIpc) is 3.00. The van der Waals surface area contributed by atoms with Crippen molar-refractivity contribution < 1.29 is 8.78 Å². The molecule has 0 saturated heterocycles. The Kier molecular flexibility index (Phi) is 3.42. The topological polar surface area (TPSA) is 46.3 Å². The molecule has 0 bridgehead atoms. The Labute approximate surface area is 143 Å². The van der Waals surface area contributed by atoms with Crippen LogP contribution in [0.15, 0.2) is 46.9 Å². The van der Waals surface area contributed by atoms with Gasteiger partial charge in [-0.1, -0.05) is 15.9 Å². The molecular weight excluding hydrogens is 380 g/mol. The van der Waals surface area contributed by atoms with E-state index in [0.29, 0.717) is 32.4 Å². The predicted octanol–water partition coefficient (Wildman–Crippen LogP) is 4.09. The first kappa shape index (κ1) is 14.9. The summed E-state index contributed by atoms with van der Waals surface area (Å²) in [6.07, 6.45) is 0. The highest BCUT2D eigenvalue weighted by Crippen LogP contribution is 2.34. The van der Waals surface area contributed by atoms with Gasteiger partial charge >= 0.3 is 0 Å². The zero-order valence-electron chi connectivity index (χ0n) is 12.4. The summed E-state index contributed by atoms with van der Waals surface area (Å²) in [4.78, 5) is 1.77. The largest absolute Gasteiger partial charge is 0.344 e. The standard InChI is InChI=1S/C16H10BrF2N5/c1-23(12-5-9(17)4-11(19)6-12)15-8-16-20-21-22-24(16)14-3-2-10(18)7-13(14)15/h2-8H,1H3. The highest BCUT2D eigenvalue weighted by Gasteiger charge is 2.15. The molecule has 120 valence electrons. The molecule has 2 aromatic carbocycles. The summed E-state index contributed by atoms with van der Waals surface area (Å²) in [5, 5.41) is 12.2. The minimum Gasteiger partial charge on any atom is -0.344 e. The maximum absolute atomic E-state index is 13.8. The van der Waals surface area contributed by atoms with Crippen LogP contribution >= 0.6 is 15.9 Å². The van der Waals surface area contributed by atoms with Crippen LogP contribution < -0.4 is 4.90 Å². The van der Waals surface area contributed by atoms with Gasteiger partial charge in [-0.2, -0.15) is 4.52 Å². The number of rotatable bonds is 2. The Morgan fingerprint density at radius 3 is 2.67 bits per heavy atom. The summed E-state index contributed by atoms with van der Waals surface area (Å²) in [6, 6.07) is 10.7. The number of nitrogens with zero attached hydrogens (tertiary/aromatic N) is 5. The van der Waals surface area contributed by atoms with Gasteiger partial charge in [0.2, 0.25) is 0 Å². The number of aromatic nitrogens is 4. The van der Waals surface area contributed by atoms with Crippen molar-refractivity contribution >= 4 is 43.9 Å². The Hall–Kier alpha value is -2.61. The monoisotopic (exact) mass is 389 g/mol. The smallest absolute Gasteiger partial charge is 0.182 e. The van der Waals surface area contributed by atoms with Gasteiger partial charge in [-0.3, -0.25) is 0 Å². The van der Waals surface area contributed by atoms with Crippen molar-refractivity contribution in [2.75, 3.05) is 11.9 Å². The molecule has 0 spiro atoms. The van der Waals surface area contributed by atoms with Crippen molar-refractivity contribution in [3.8, 4) is 0 Å². The maximum atomic E-state index is 13.8. The van der Waals surface area contributed by atoms with Crippen molar-refractivity contribution in [2.45, 2.75) is 0 Å². The van der Waals surface area contributed by atoms with Crippen molar-refractivity contribution in [3.63, 3.8) is 0 Å². The van der Waals surface area contributed by atoms with Gasteiger partial charge in [-0.25, -0.2) is 8.78 Å². The maximum Gasteiger partial charge on any atom is 0.182 e.